The van der Waals surface area contributed by atoms with Crippen LogP contribution in [0.1, 0.15) is 6.42 Å². The van der Waals surface area contributed by atoms with Gasteiger partial charge in [-0.15, -0.1) is 0 Å². The highest BCUT2D eigenvalue weighted by Crippen LogP contribution is 2.24. The van der Waals surface area contributed by atoms with Crippen LogP contribution in [0.2, 0.25) is 0 Å². The number of aliphatic hydroxyl groups is 1. The molecule has 1 atom stereocenters. The van der Waals surface area contributed by atoms with Crippen molar-refractivity contribution in [1.29, 1.82) is 0 Å². The van der Waals surface area contributed by atoms with E-state index in [1.165, 1.54) is 9.80 Å². The molecule has 0 aromatic heterocycles. The van der Waals surface area contributed by atoms with Gasteiger partial charge in [-0.2, -0.15) is 0 Å². The molecule has 26 heavy (non-hydrogen) atoms. The van der Waals surface area contributed by atoms with E-state index in [4.69, 9.17) is 4.74 Å². The number of carbonyl (C=O) groups is 2. The molecule has 1 unspecified atom stereocenters. The first-order chi connectivity index (χ1) is 12.4. The second kappa shape index (κ2) is 7.50. The second-order valence-electron chi connectivity index (χ2n) is 6.22. The van der Waals surface area contributed by atoms with E-state index in [-0.39, 0.29) is 24.7 Å². The molecule has 1 aromatic rings. The van der Waals surface area contributed by atoms with E-state index in [0.717, 1.165) is 0 Å². The van der Waals surface area contributed by atoms with Crippen molar-refractivity contribution in [3.63, 3.8) is 0 Å². The van der Waals surface area contributed by atoms with Crippen LogP contribution in [-0.2, 0) is 14.6 Å². The number of nitrogens with one attached hydrogen (secondary N) is 1. The number of anilines is 2. The molecule has 9 nitrogen and oxygen atoms in total. The fraction of sp³-hybridized carbons (Fsp3) is 0.500. The maximum absolute atomic E-state index is 12.6. The molecule has 3 rings (SSSR count). The highest BCUT2D eigenvalue weighted by Gasteiger charge is 2.34. The van der Waals surface area contributed by atoms with E-state index < -0.39 is 28.0 Å². The zero-order chi connectivity index (χ0) is 18.7. The summed E-state index contributed by atoms with van der Waals surface area (Å²) in [6.07, 6.45) is -0.0818. The van der Waals surface area contributed by atoms with Crippen LogP contribution in [0.4, 0.5) is 21.0 Å². The average Bonchev–Trinajstić information content (AvgIpc) is 3.18. The zero-order valence-electron chi connectivity index (χ0n) is 14.1. The fourth-order valence-electron chi connectivity index (χ4n) is 3.15. The van der Waals surface area contributed by atoms with Gasteiger partial charge in [0.05, 0.1) is 24.7 Å². The number of urea groups is 1. The normalized spacial score (nSPS) is 21.5. The Labute approximate surface area is 151 Å². The molecule has 142 valence electrons. The average molecular weight is 383 g/mol. The van der Waals surface area contributed by atoms with Gasteiger partial charge >= 0.3 is 12.1 Å². The summed E-state index contributed by atoms with van der Waals surface area (Å²) in [5.41, 5.74) is 1.07. The number of rotatable bonds is 5. The summed E-state index contributed by atoms with van der Waals surface area (Å²) in [6, 6.07) is 5.81. The van der Waals surface area contributed by atoms with E-state index in [9.17, 15) is 23.1 Å². The maximum atomic E-state index is 12.6. The number of carbonyl (C=O) groups excluding carboxylic acids is 2. The van der Waals surface area contributed by atoms with Crippen LogP contribution in [-0.4, -0.2) is 74.4 Å². The summed E-state index contributed by atoms with van der Waals surface area (Å²) in [5.74, 6) is -0.0560. The number of hydrogen-bond acceptors (Lipinski definition) is 6. The smallest absolute Gasteiger partial charge is 0.414 e. The number of cyclic esters (lactones) is 1. The molecule has 2 aliphatic heterocycles. The molecule has 2 N–H and O–H groups in total. The Bertz CT molecular complexity index is 797. The Hall–Kier alpha value is -2.33. The molecule has 0 saturated carbocycles. The lowest BCUT2D eigenvalue weighted by Gasteiger charge is -2.27. The first-order valence-corrected chi connectivity index (χ1v) is 10.1. The molecule has 0 aliphatic carbocycles. The largest absolute Gasteiger partial charge is 0.447 e. The van der Waals surface area contributed by atoms with Crippen molar-refractivity contribution in [3.05, 3.63) is 24.3 Å². The number of ether oxygens (including phenoxy) is 1. The molecular formula is C16H21N3O6S. The van der Waals surface area contributed by atoms with Gasteiger partial charge in [-0.1, -0.05) is 6.07 Å². The van der Waals surface area contributed by atoms with Crippen LogP contribution in [0, 0.1) is 0 Å². The van der Waals surface area contributed by atoms with Crippen LogP contribution in [0.3, 0.4) is 0 Å². The number of hydrogen-bond donors (Lipinski definition) is 2. The Morgan fingerprint density at radius 2 is 2.23 bits per heavy atom. The first kappa shape index (κ1) is 18.5. The minimum absolute atomic E-state index is 0.0411. The third kappa shape index (κ3) is 4.07. The molecule has 0 bridgehead atoms. The van der Waals surface area contributed by atoms with Gasteiger partial charge in [0.2, 0.25) is 0 Å². The van der Waals surface area contributed by atoms with Crippen LogP contribution in [0.5, 0.6) is 0 Å². The summed E-state index contributed by atoms with van der Waals surface area (Å²) in [6.45, 7) is 0.538. The molecule has 2 saturated heterocycles. The second-order valence-corrected chi connectivity index (χ2v) is 8.45. The lowest BCUT2D eigenvalue weighted by Crippen LogP contribution is -2.45. The quantitative estimate of drug-likeness (QED) is 0.771. The van der Waals surface area contributed by atoms with Crippen molar-refractivity contribution < 1.29 is 27.9 Å². The predicted octanol–water partition coefficient (Wildman–Crippen LogP) is 0.656. The van der Waals surface area contributed by atoms with Gasteiger partial charge in [-0.25, -0.2) is 18.0 Å². The lowest BCUT2D eigenvalue weighted by atomic mass is 10.2. The van der Waals surface area contributed by atoms with Gasteiger partial charge in [-0.3, -0.25) is 4.90 Å². The number of amides is 3. The van der Waals surface area contributed by atoms with Gasteiger partial charge < -0.3 is 20.1 Å². The molecule has 2 fully saturated rings. The maximum Gasteiger partial charge on any atom is 0.414 e. The highest BCUT2D eigenvalue weighted by molar-refractivity contribution is 7.91. The van der Waals surface area contributed by atoms with Crippen molar-refractivity contribution in [1.82, 2.24) is 4.90 Å². The molecule has 2 heterocycles. The topological polar surface area (TPSA) is 116 Å². The third-order valence-electron chi connectivity index (χ3n) is 4.42. The van der Waals surface area contributed by atoms with E-state index in [1.807, 2.05) is 0 Å². The van der Waals surface area contributed by atoms with Crippen LogP contribution in [0.15, 0.2) is 24.3 Å². The summed E-state index contributed by atoms with van der Waals surface area (Å²) in [4.78, 5) is 27.1. The molecule has 1 aromatic carbocycles. The van der Waals surface area contributed by atoms with Gasteiger partial charge in [0.15, 0.2) is 9.84 Å². The Morgan fingerprint density at radius 1 is 1.42 bits per heavy atom. The summed E-state index contributed by atoms with van der Waals surface area (Å²) < 4.78 is 28.3. The molecule has 2 aliphatic rings. The Morgan fingerprint density at radius 3 is 2.85 bits per heavy atom. The van der Waals surface area contributed by atoms with Gasteiger partial charge in [-0.05, 0) is 24.6 Å². The molecule has 0 spiro atoms. The van der Waals surface area contributed by atoms with Gasteiger partial charge in [0, 0.05) is 24.0 Å². The fourth-order valence-corrected chi connectivity index (χ4v) is 4.88. The van der Waals surface area contributed by atoms with E-state index in [0.29, 0.717) is 30.9 Å². The minimum Gasteiger partial charge on any atom is -0.447 e. The van der Waals surface area contributed by atoms with Gasteiger partial charge in [0.25, 0.3) is 0 Å². The number of sulfone groups is 1. The standard InChI is InChI=1S/C16H21N3O6S/c20-7-5-18(14-4-9-26(23,24)11-14)15(21)17-12-2-1-3-13(10-12)19-6-8-25-16(19)22/h1-3,10,14,20H,4-9,11H2,(H,17,21). The minimum atomic E-state index is -3.15. The van der Waals surface area contributed by atoms with E-state index in [1.54, 1.807) is 24.3 Å². The van der Waals surface area contributed by atoms with Crippen LogP contribution >= 0.6 is 0 Å². The molecule has 0 radical (unpaired) electrons. The van der Waals surface area contributed by atoms with E-state index >= 15 is 0 Å². The zero-order valence-corrected chi connectivity index (χ0v) is 14.9. The van der Waals surface area contributed by atoms with Crippen molar-refractivity contribution >= 4 is 33.3 Å². The Kier molecular flexibility index (Phi) is 5.33. The molecular weight excluding hydrogens is 362 g/mol. The Balaban J connectivity index is 1.72. The lowest BCUT2D eigenvalue weighted by molar-refractivity contribution is 0.169. The molecule has 10 heteroatoms. The number of benzene rings is 1. The van der Waals surface area contributed by atoms with Gasteiger partial charge in [0.1, 0.15) is 6.61 Å². The third-order valence-corrected chi connectivity index (χ3v) is 6.17. The summed E-state index contributed by atoms with van der Waals surface area (Å²) in [7, 11) is -3.15. The van der Waals surface area contributed by atoms with Crippen LogP contribution in [0.25, 0.3) is 0 Å². The highest BCUT2D eigenvalue weighted by atomic mass is 32.2. The molecule has 3 amide bonds. The summed E-state index contributed by atoms with van der Waals surface area (Å²) >= 11 is 0. The van der Waals surface area contributed by atoms with Crippen molar-refractivity contribution in [2.24, 2.45) is 0 Å². The number of aliphatic hydroxyl groups excluding tert-OH is 1. The van der Waals surface area contributed by atoms with Crippen molar-refractivity contribution in [3.8, 4) is 0 Å². The number of nitrogens with zero attached hydrogens (tertiary/aromatic N) is 2. The van der Waals surface area contributed by atoms with Crippen LogP contribution < -0.4 is 10.2 Å². The summed E-state index contributed by atoms with van der Waals surface area (Å²) in [5, 5.41) is 11.9. The SMILES string of the molecule is O=C1OCCN1c1cccc(NC(=O)N(CCO)C2CCS(=O)(=O)C2)c1. The van der Waals surface area contributed by atoms with Crippen molar-refractivity contribution in [2.75, 3.05) is 48.0 Å². The predicted molar refractivity (Wildman–Crippen MR) is 95.0 cm³/mol. The monoisotopic (exact) mass is 383 g/mol. The first-order valence-electron chi connectivity index (χ1n) is 8.33. The van der Waals surface area contributed by atoms with Crippen molar-refractivity contribution in [2.45, 2.75) is 12.5 Å². The van der Waals surface area contributed by atoms with E-state index in [2.05, 4.69) is 5.32 Å².